The van der Waals surface area contributed by atoms with E-state index in [2.05, 4.69) is 15.9 Å². The Balaban J connectivity index is 1.98. The molecule has 0 aromatic heterocycles. The highest BCUT2D eigenvalue weighted by atomic mass is 79.9. The van der Waals surface area contributed by atoms with Crippen LogP contribution in [0.4, 0.5) is 5.69 Å². The zero-order valence-corrected chi connectivity index (χ0v) is 15.6. The fourth-order valence-corrected chi connectivity index (χ4v) is 3.43. The highest BCUT2D eigenvalue weighted by Crippen LogP contribution is 2.27. The van der Waals surface area contributed by atoms with Crippen molar-refractivity contribution in [2.24, 2.45) is 0 Å². The number of amides is 3. The molecule has 1 aromatic carbocycles. The van der Waals surface area contributed by atoms with Crippen molar-refractivity contribution in [1.82, 2.24) is 9.80 Å². The second-order valence-electron chi connectivity index (χ2n) is 5.90. The maximum atomic E-state index is 12.4. The van der Waals surface area contributed by atoms with E-state index in [-0.39, 0.29) is 18.2 Å². The number of hydrogen-bond acceptors (Lipinski definition) is 3. The summed E-state index contributed by atoms with van der Waals surface area (Å²) in [6.45, 7) is 6.04. The summed E-state index contributed by atoms with van der Waals surface area (Å²) in [6.07, 6.45) is 1.08. The summed E-state index contributed by atoms with van der Waals surface area (Å²) in [6, 6.07) is 5.77. The zero-order chi connectivity index (χ0) is 17.7. The molecule has 0 spiro atoms. The van der Waals surface area contributed by atoms with Gasteiger partial charge in [-0.3, -0.25) is 14.4 Å². The van der Waals surface area contributed by atoms with Crippen LogP contribution in [-0.4, -0.2) is 60.7 Å². The maximum Gasteiger partial charge on any atom is 0.224 e. The molecule has 6 nitrogen and oxygen atoms in total. The number of anilines is 1. The van der Waals surface area contributed by atoms with Crippen LogP contribution in [0.1, 0.15) is 18.9 Å². The van der Waals surface area contributed by atoms with E-state index in [4.69, 9.17) is 0 Å². The highest BCUT2D eigenvalue weighted by Gasteiger charge is 2.22. The Bertz CT molecular complexity index is 628. The summed E-state index contributed by atoms with van der Waals surface area (Å²) in [5.74, 6) is -0.0897. The predicted octanol–water partition coefficient (Wildman–Crippen LogP) is 1.80. The number of carbonyl (C=O) groups excluding carboxylic acids is 3. The van der Waals surface area contributed by atoms with Gasteiger partial charge in [-0.2, -0.15) is 0 Å². The number of halogens is 1. The molecule has 1 aromatic rings. The molecule has 0 bridgehead atoms. The van der Waals surface area contributed by atoms with Crippen molar-refractivity contribution < 1.29 is 14.4 Å². The molecular weight excluding hydrogens is 374 g/mol. The predicted molar refractivity (Wildman–Crippen MR) is 95.7 cm³/mol. The SMILES string of the molecule is CC(=O)N(CCC(=O)N1CCN(C=O)CC1)c1ccc(C)cc1Br. The lowest BCUT2D eigenvalue weighted by molar-refractivity contribution is -0.135. The molecule has 1 aliphatic rings. The average molecular weight is 396 g/mol. The van der Waals surface area contributed by atoms with E-state index in [1.165, 1.54) is 6.92 Å². The van der Waals surface area contributed by atoms with Crippen LogP contribution in [-0.2, 0) is 14.4 Å². The molecule has 24 heavy (non-hydrogen) atoms. The summed E-state index contributed by atoms with van der Waals surface area (Å²) in [5, 5.41) is 0. The smallest absolute Gasteiger partial charge is 0.224 e. The van der Waals surface area contributed by atoms with E-state index < -0.39 is 0 Å². The van der Waals surface area contributed by atoms with Crippen LogP contribution in [0.25, 0.3) is 0 Å². The Morgan fingerprint density at radius 1 is 1.25 bits per heavy atom. The van der Waals surface area contributed by atoms with Crippen molar-refractivity contribution in [2.75, 3.05) is 37.6 Å². The fourth-order valence-electron chi connectivity index (χ4n) is 2.72. The van der Waals surface area contributed by atoms with E-state index in [0.29, 0.717) is 32.7 Å². The molecule has 1 saturated heterocycles. The first-order valence-corrected chi connectivity index (χ1v) is 8.73. The number of rotatable bonds is 5. The van der Waals surface area contributed by atoms with Crippen LogP contribution < -0.4 is 4.90 Å². The first kappa shape index (κ1) is 18.4. The summed E-state index contributed by atoms with van der Waals surface area (Å²) in [7, 11) is 0. The standard InChI is InChI=1S/C17H22BrN3O3/c1-13-3-4-16(15(18)11-13)21(14(2)23)6-5-17(24)20-9-7-19(12-22)8-10-20/h3-4,11-12H,5-10H2,1-2H3. The van der Waals surface area contributed by atoms with Gasteiger partial charge < -0.3 is 14.7 Å². The number of hydrogen-bond donors (Lipinski definition) is 0. The number of benzene rings is 1. The minimum absolute atomic E-state index is 0.00929. The molecule has 130 valence electrons. The van der Waals surface area contributed by atoms with Crippen LogP contribution in [0.2, 0.25) is 0 Å². The van der Waals surface area contributed by atoms with Gasteiger partial charge >= 0.3 is 0 Å². The topological polar surface area (TPSA) is 60.9 Å². The highest BCUT2D eigenvalue weighted by molar-refractivity contribution is 9.10. The third-order valence-corrected chi connectivity index (χ3v) is 4.77. The van der Waals surface area contributed by atoms with Gasteiger partial charge in [0.2, 0.25) is 18.2 Å². The van der Waals surface area contributed by atoms with Crippen LogP contribution >= 0.6 is 15.9 Å². The second-order valence-corrected chi connectivity index (χ2v) is 6.75. The number of nitrogens with zero attached hydrogens (tertiary/aromatic N) is 3. The van der Waals surface area contributed by atoms with E-state index >= 15 is 0 Å². The third kappa shape index (κ3) is 4.56. The van der Waals surface area contributed by atoms with Crippen LogP contribution in [0.15, 0.2) is 22.7 Å². The summed E-state index contributed by atoms with van der Waals surface area (Å²) in [5.41, 5.74) is 1.87. The van der Waals surface area contributed by atoms with Crippen molar-refractivity contribution in [3.63, 3.8) is 0 Å². The summed E-state index contributed by atoms with van der Waals surface area (Å²) >= 11 is 3.49. The first-order chi connectivity index (χ1) is 11.4. The zero-order valence-electron chi connectivity index (χ0n) is 14.0. The molecule has 1 heterocycles. The Morgan fingerprint density at radius 2 is 1.92 bits per heavy atom. The quantitative estimate of drug-likeness (QED) is 0.714. The summed E-state index contributed by atoms with van der Waals surface area (Å²) in [4.78, 5) is 40.1. The number of aryl methyl sites for hydroxylation is 1. The molecule has 0 atom stereocenters. The van der Waals surface area contributed by atoms with Crippen LogP contribution in [0.3, 0.4) is 0 Å². The third-order valence-electron chi connectivity index (χ3n) is 4.14. The Kier molecular flexibility index (Phi) is 6.36. The van der Waals surface area contributed by atoms with Gasteiger partial charge in [-0.1, -0.05) is 6.07 Å². The Labute approximate surface area is 150 Å². The van der Waals surface area contributed by atoms with Crippen molar-refractivity contribution in [1.29, 1.82) is 0 Å². The maximum absolute atomic E-state index is 12.4. The summed E-state index contributed by atoms with van der Waals surface area (Å²) < 4.78 is 0.838. The van der Waals surface area contributed by atoms with Crippen LogP contribution in [0.5, 0.6) is 0 Å². The van der Waals surface area contributed by atoms with Gasteiger partial charge in [0.05, 0.1) is 5.69 Å². The van der Waals surface area contributed by atoms with Gasteiger partial charge in [0.15, 0.2) is 0 Å². The van der Waals surface area contributed by atoms with Crippen LogP contribution in [0, 0.1) is 6.92 Å². The largest absolute Gasteiger partial charge is 0.342 e. The lowest BCUT2D eigenvalue weighted by atomic mass is 10.2. The normalized spacial score (nSPS) is 14.5. The number of carbonyl (C=O) groups is 3. The van der Waals surface area contributed by atoms with Gasteiger partial charge in [-0.05, 0) is 40.5 Å². The molecule has 0 N–H and O–H groups in total. The second kappa shape index (κ2) is 8.28. The van der Waals surface area contributed by atoms with Gasteiger partial charge in [0.1, 0.15) is 0 Å². The molecule has 0 aliphatic carbocycles. The van der Waals surface area contributed by atoms with E-state index in [0.717, 1.165) is 22.1 Å². The van der Waals surface area contributed by atoms with Gasteiger partial charge in [-0.25, -0.2) is 0 Å². The van der Waals surface area contributed by atoms with E-state index in [1.54, 1.807) is 14.7 Å². The molecule has 0 unspecified atom stereocenters. The minimum Gasteiger partial charge on any atom is -0.342 e. The average Bonchev–Trinajstić information content (AvgIpc) is 2.56. The minimum atomic E-state index is -0.0990. The molecule has 0 saturated carbocycles. The molecule has 7 heteroatoms. The monoisotopic (exact) mass is 395 g/mol. The van der Waals surface area contributed by atoms with Crippen molar-refractivity contribution in [2.45, 2.75) is 20.3 Å². The van der Waals surface area contributed by atoms with Crippen molar-refractivity contribution in [3.05, 3.63) is 28.2 Å². The molecule has 1 fully saturated rings. The molecule has 2 rings (SSSR count). The molecule has 0 radical (unpaired) electrons. The van der Waals surface area contributed by atoms with Gasteiger partial charge in [0.25, 0.3) is 0 Å². The molecule has 3 amide bonds. The molecule has 1 aliphatic heterocycles. The first-order valence-electron chi connectivity index (χ1n) is 7.93. The fraction of sp³-hybridized carbons (Fsp3) is 0.471. The van der Waals surface area contributed by atoms with E-state index in [1.807, 2.05) is 25.1 Å². The molecular formula is C17H22BrN3O3. The van der Waals surface area contributed by atoms with E-state index in [9.17, 15) is 14.4 Å². The lowest BCUT2D eigenvalue weighted by Crippen LogP contribution is -2.48. The van der Waals surface area contributed by atoms with Crippen molar-refractivity contribution >= 4 is 39.8 Å². The van der Waals surface area contributed by atoms with Gasteiger partial charge in [0, 0.05) is 50.5 Å². The Morgan fingerprint density at radius 3 is 2.46 bits per heavy atom. The Hall–Kier alpha value is -1.89. The lowest BCUT2D eigenvalue weighted by Gasteiger charge is -2.33. The van der Waals surface area contributed by atoms with Gasteiger partial charge in [-0.15, -0.1) is 0 Å². The van der Waals surface area contributed by atoms with Crippen molar-refractivity contribution in [3.8, 4) is 0 Å². The number of piperazine rings is 1.